The van der Waals surface area contributed by atoms with Gasteiger partial charge in [0.25, 0.3) is 5.91 Å². The van der Waals surface area contributed by atoms with Gasteiger partial charge in [0.2, 0.25) is 0 Å². The second-order valence-corrected chi connectivity index (χ2v) is 5.24. The van der Waals surface area contributed by atoms with Crippen LogP contribution < -0.4 is 10.1 Å². The van der Waals surface area contributed by atoms with Crippen LogP contribution in [0.25, 0.3) is 22.7 Å². The minimum atomic E-state index is -0.132. The molecule has 1 aliphatic rings. The van der Waals surface area contributed by atoms with Gasteiger partial charge >= 0.3 is 0 Å². The first-order valence-corrected chi connectivity index (χ1v) is 7.16. The summed E-state index contributed by atoms with van der Waals surface area (Å²) in [4.78, 5) is 27.3. The number of carbonyl (C=O) groups is 1. The number of hydrogen-bond donors (Lipinski definition) is 3. The number of imidazole rings is 2. The van der Waals surface area contributed by atoms with Crippen molar-refractivity contribution in [3.63, 3.8) is 0 Å². The molecule has 7 nitrogen and oxygen atoms in total. The van der Waals surface area contributed by atoms with Crippen molar-refractivity contribution < 1.29 is 9.53 Å². The lowest BCUT2D eigenvalue weighted by molar-refractivity contribution is 0.0951. The minimum absolute atomic E-state index is 0.132. The monoisotopic (exact) mass is 297 g/mol. The van der Waals surface area contributed by atoms with E-state index in [4.69, 9.17) is 4.74 Å². The molecule has 0 saturated heterocycles. The fourth-order valence-corrected chi connectivity index (χ4v) is 2.67. The molecule has 1 aliphatic heterocycles. The van der Waals surface area contributed by atoms with Crippen molar-refractivity contribution in [1.29, 1.82) is 0 Å². The topological polar surface area (TPSA) is 95.7 Å². The third-order valence-electron chi connectivity index (χ3n) is 3.80. The standard InChI is InChI=1S/C15H15N5O2/c1-22-8-4-5-9-11(7-8)19-13(17-9)14-18-10-3-2-6-16-15(21)12(10)20-14/h4-5,7H,2-3,6H2,1H3,(H,16,21)(H,17,19)(H,18,20). The highest BCUT2D eigenvalue weighted by Crippen LogP contribution is 2.24. The largest absolute Gasteiger partial charge is 0.497 e. The molecule has 0 radical (unpaired) electrons. The number of hydrogen-bond acceptors (Lipinski definition) is 4. The Bertz CT molecular complexity index is 864. The molecule has 2 aromatic heterocycles. The lowest BCUT2D eigenvalue weighted by Gasteiger charge is -1.96. The number of nitrogens with zero attached hydrogens (tertiary/aromatic N) is 2. The molecule has 1 amide bonds. The summed E-state index contributed by atoms with van der Waals surface area (Å²) in [7, 11) is 1.63. The Morgan fingerprint density at radius 2 is 2.05 bits per heavy atom. The molecular weight excluding hydrogens is 282 g/mol. The highest BCUT2D eigenvalue weighted by atomic mass is 16.5. The summed E-state index contributed by atoms with van der Waals surface area (Å²) < 4.78 is 5.21. The van der Waals surface area contributed by atoms with Crippen molar-refractivity contribution in [3.05, 3.63) is 29.6 Å². The van der Waals surface area contributed by atoms with E-state index in [1.165, 1.54) is 0 Å². The molecule has 3 heterocycles. The lowest BCUT2D eigenvalue weighted by Crippen LogP contribution is -2.23. The number of carbonyl (C=O) groups excluding carboxylic acids is 1. The van der Waals surface area contributed by atoms with Gasteiger partial charge in [0.1, 0.15) is 11.4 Å². The third kappa shape index (κ3) is 2.02. The van der Waals surface area contributed by atoms with E-state index in [1.807, 2.05) is 18.2 Å². The van der Waals surface area contributed by atoms with Gasteiger partial charge in [-0.2, -0.15) is 0 Å². The van der Waals surface area contributed by atoms with E-state index in [0.717, 1.165) is 35.3 Å². The van der Waals surface area contributed by atoms with Gasteiger partial charge in [-0.15, -0.1) is 0 Å². The highest BCUT2D eigenvalue weighted by Gasteiger charge is 2.21. The molecule has 112 valence electrons. The van der Waals surface area contributed by atoms with Crippen LogP contribution in [0.4, 0.5) is 0 Å². The zero-order valence-corrected chi connectivity index (χ0v) is 12.1. The van der Waals surface area contributed by atoms with E-state index in [1.54, 1.807) is 7.11 Å². The number of methoxy groups -OCH3 is 1. The first kappa shape index (κ1) is 12.9. The molecule has 3 N–H and O–H groups in total. The van der Waals surface area contributed by atoms with Crippen molar-refractivity contribution in [2.75, 3.05) is 13.7 Å². The minimum Gasteiger partial charge on any atom is -0.497 e. The molecule has 7 heteroatoms. The summed E-state index contributed by atoms with van der Waals surface area (Å²) in [5.74, 6) is 1.83. The van der Waals surface area contributed by atoms with Gasteiger partial charge in [-0.3, -0.25) is 4.79 Å². The van der Waals surface area contributed by atoms with Gasteiger partial charge < -0.3 is 20.0 Å². The summed E-state index contributed by atoms with van der Waals surface area (Å²) in [6, 6.07) is 5.62. The lowest BCUT2D eigenvalue weighted by atomic mass is 10.2. The van der Waals surface area contributed by atoms with Crippen molar-refractivity contribution in [2.24, 2.45) is 0 Å². The molecule has 3 aromatic rings. The number of aromatic amines is 2. The Labute approximate surface area is 126 Å². The number of H-pyrrole nitrogens is 2. The van der Waals surface area contributed by atoms with Crippen molar-refractivity contribution >= 4 is 16.9 Å². The SMILES string of the molecule is COc1ccc2nc(-c3nc4c([nH]3)CCCNC4=O)[nH]c2c1. The maximum atomic E-state index is 12.0. The van der Waals surface area contributed by atoms with Crippen LogP contribution >= 0.6 is 0 Å². The molecule has 0 fully saturated rings. The second-order valence-electron chi connectivity index (χ2n) is 5.24. The van der Waals surface area contributed by atoms with Gasteiger partial charge in [0, 0.05) is 18.3 Å². The fraction of sp³-hybridized carbons (Fsp3) is 0.267. The van der Waals surface area contributed by atoms with Gasteiger partial charge in [0.15, 0.2) is 11.6 Å². The average molecular weight is 297 g/mol. The number of aromatic nitrogens is 4. The van der Waals surface area contributed by atoms with Crippen LogP contribution in [-0.2, 0) is 6.42 Å². The second kappa shape index (κ2) is 4.87. The van der Waals surface area contributed by atoms with Crippen LogP contribution in [0.1, 0.15) is 22.6 Å². The van der Waals surface area contributed by atoms with Crippen molar-refractivity contribution in [2.45, 2.75) is 12.8 Å². The first-order valence-electron chi connectivity index (χ1n) is 7.16. The number of nitrogens with one attached hydrogen (secondary N) is 3. The molecule has 0 unspecified atom stereocenters. The van der Waals surface area contributed by atoms with E-state index in [-0.39, 0.29) is 5.91 Å². The van der Waals surface area contributed by atoms with Gasteiger partial charge in [-0.05, 0) is 25.0 Å². The van der Waals surface area contributed by atoms with Crippen molar-refractivity contribution in [3.8, 4) is 17.4 Å². The Balaban J connectivity index is 1.79. The maximum Gasteiger partial charge on any atom is 0.271 e. The summed E-state index contributed by atoms with van der Waals surface area (Å²) in [6.07, 6.45) is 1.70. The van der Waals surface area contributed by atoms with E-state index in [2.05, 4.69) is 25.3 Å². The van der Waals surface area contributed by atoms with Gasteiger partial charge in [-0.25, -0.2) is 9.97 Å². The fourth-order valence-electron chi connectivity index (χ4n) is 2.67. The van der Waals surface area contributed by atoms with Gasteiger partial charge in [-0.1, -0.05) is 0 Å². The van der Waals surface area contributed by atoms with Crippen LogP contribution in [0.2, 0.25) is 0 Å². The summed E-state index contributed by atoms with van der Waals surface area (Å²) >= 11 is 0. The van der Waals surface area contributed by atoms with E-state index < -0.39 is 0 Å². The summed E-state index contributed by atoms with van der Waals surface area (Å²) in [5.41, 5.74) is 3.02. The number of ether oxygens (including phenoxy) is 1. The molecule has 0 spiro atoms. The average Bonchev–Trinajstić information content (AvgIpc) is 3.10. The van der Waals surface area contributed by atoms with Crippen LogP contribution in [-0.4, -0.2) is 39.5 Å². The van der Waals surface area contributed by atoms with Crippen molar-refractivity contribution in [1.82, 2.24) is 25.3 Å². The van der Waals surface area contributed by atoms with Crippen LogP contribution in [0.5, 0.6) is 5.75 Å². The zero-order valence-electron chi connectivity index (χ0n) is 12.1. The summed E-state index contributed by atoms with van der Waals surface area (Å²) in [6.45, 7) is 0.683. The van der Waals surface area contributed by atoms with E-state index in [9.17, 15) is 4.79 Å². The number of aryl methyl sites for hydroxylation is 1. The Morgan fingerprint density at radius 1 is 1.18 bits per heavy atom. The van der Waals surface area contributed by atoms with E-state index in [0.29, 0.717) is 23.9 Å². The van der Waals surface area contributed by atoms with Crippen LogP contribution in [0.15, 0.2) is 18.2 Å². The molecule has 0 atom stereocenters. The third-order valence-corrected chi connectivity index (χ3v) is 3.80. The Hall–Kier alpha value is -2.83. The van der Waals surface area contributed by atoms with Crippen LogP contribution in [0.3, 0.4) is 0 Å². The predicted octanol–water partition coefficient (Wildman–Crippen LogP) is 1.64. The molecular formula is C15H15N5O2. The predicted molar refractivity (Wildman–Crippen MR) is 80.9 cm³/mol. The quantitative estimate of drug-likeness (QED) is 0.670. The molecule has 0 aliphatic carbocycles. The molecule has 22 heavy (non-hydrogen) atoms. The first-order chi connectivity index (χ1) is 10.7. The number of benzene rings is 1. The zero-order chi connectivity index (χ0) is 15.1. The Kier molecular flexibility index (Phi) is 2.85. The highest BCUT2D eigenvalue weighted by molar-refractivity contribution is 5.94. The summed E-state index contributed by atoms with van der Waals surface area (Å²) in [5, 5.41) is 2.84. The maximum absolute atomic E-state index is 12.0. The van der Waals surface area contributed by atoms with Crippen LogP contribution in [0, 0.1) is 0 Å². The smallest absolute Gasteiger partial charge is 0.271 e. The van der Waals surface area contributed by atoms with Gasteiger partial charge in [0.05, 0.1) is 18.1 Å². The molecule has 0 bridgehead atoms. The normalized spacial score (nSPS) is 14.5. The molecule has 4 rings (SSSR count). The molecule has 0 saturated carbocycles. The van der Waals surface area contributed by atoms with E-state index >= 15 is 0 Å². The molecule has 1 aromatic carbocycles. The number of rotatable bonds is 2. The number of amides is 1. The Morgan fingerprint density at radius 3 is 2.91 bits per heavy atom. The number of fused-ring (bicyclic) bond motifs is 2.